The van der Waals surface area contributed by atoms with Crippen LogP contribution in [0.1, 0.15) is 44.9 Å². The zero-order chi connectivity index (χ0) is 13.4. The van der Waals surface area contributed by atoms with E-state index in [0.29, 0.717) is 19.4 Å². The van der Waals surface area contributed by atoms with Crippen molar-refractivity contribution in [1.82, 2.24) is 5.32 Å². The van der Waals surface area contributed by atoms with Crippen LogP contribution in [0.25, 0.3) is 0 Å². The summed E-state index contributed by atoms with van der Waals surface area (Å²) in [6.45, 7) is 0.604. The molecular formula is C13H23NO3S. The Labute approximate surface area is 113 Å². The monoisotopic (exact) mass is 273 g/mol. The standard InChI is InChI=1S/C13H23NO3S/c1-18-10-5-3-2-4-9-14-11(15)13(12(16)17)7-6-8-13/h2-10H2,1H3,(H,14,15)(H,16,17). The molecule has 0 aromatic heterocycles. The predicted octanol–water partition coefficient (Wildman–Crippen LogP) is 2.28. The van der Waals surface area contributed by atoms with Gasteiger partial charge in [0.1, 0.15) is 5.41 Å². The van der Waals surface area contributed by atoms with Crippen molar-refractivity contribution in [1.29, 1.82) is 0 Å². The first-order valence-corrected chi connectivity index (χ1v) is 8.03. The van der Waals surface area contributed by atoms with E-state index in [9.17, 15) is 9.59 Å². The number of carbonyl (C=O) groups excluding carboxylic acids is 1. The fraction of sp³-hybridized carbons (Fsp3) is 0.846. The first-order valence-electron chi connectivity index (χ1n) is 6.64. The maximum atomic E-state index is 11.8. The average Bonchev–Trinajstić information content (AvgIpc) is 2.25. The third-order valence-corrected chi connectivity index (χ3v) is 4.31. The van der Waals surface area contributed by atoms with Crippen molar-refractivity contribution in [2.45, 2.75) is 44.9 Å². The van der Waals surface area contributed by atoms with E-state index in [1.54, 1.807) is 0 Å². The summed E-state index contributed by atoms with van der Waals surface area (Å²) in [5, 5.41) is 11.9. The molecule has 0 atom stereocenters. The highest BCUT2D eigenvalue weighted by atomic mass is 32.2. The minimum absolute atomic E-state index is 0.287. The predicted molar refractivity (Wildman–Crippen MR) is 73.8 cm³/mol. The molecule has 104 valence electrons. The lowest BCUT2D eigenvalue weighted by atomic mass is 9.68. The van der Waals surface area contributed by atoms with Gasteiger partial charge in [-0.1, -0.05) is 19.3 Å². The molecule has 0 spiro atoms. The Morgan fingerprint density at radius 1 is 1.22 bits per heavy atom. The summed E-state index contributed by atoms with van der Waals surface area (Å²) in [6, 6.07) is 0. The van der Waals surface area contributed by atoms with Crippen LogP contribution in [0.5, 0.6) is 0 Å². The molecular weight excluding hydrogens is 250 g/mol. The van der Waals surface area contributed by atoms with Crippen LogP contribution in [0.4, 0.5) is 0 Å². The third-order valence-electron chi connectivity index (χ3n) is 3.61. The lowest BCUT2D eigenvalue weighted by Crippen LogP contribution is -2.51. The Morgan fingerprint density at radius 3 is 2.39 bits per heavy atom. The molecule has 1 rings (SSSR count). The fourth-order valence-corrected chi connectivity index (χ4v) is 2.66. The largest absolute Gasteiger partial charge is 0.480 e. The number of hydrogen-bond donors (Lipinski definition) is 2. The van der Waals surface area contributed by atoms with Crippen molar-refractivity contribution >= 4 is 23.6 Å². The number of carboxylic acids is 1. The summed E-state index contributed by atoms with van der Waals surface area (Å²) in [7, 11) is 0. The van der Waals surface area contributed by atoms with E-state index >= 15 is 0 Å². The van der Waals surface area contributed by atoms with E-state index in [-0.39, 0.29) is 5.91 Å². The van der Waals surface area contributed by atoms with Gasteiger partial charge in [0.05, 0.1) is 0 Å². The highest BCUT2D eigenvalue weighted by Gasteiger charge is 2.50. The van der Waals surface area contributed by atoms with Gasteiger partial charge >= 0.3 is 5.97 Å². The zero-order valence-electron chi connectivity index (χ0n) is 11.0. The number of hydrogen-bond acceptors (Lipinski definition) is 3. The molecule has 0 aromatic carbocycles. The summed E-state index contributed by atoms with van der Waals surface area (Å²) in [6.07, 6.45) is 8.36. The van der Waals surface area contributed by atoms with Gasteiger partial charge in [-0.25, -0.2) is 0 Å². The molecule has 2 N–H and O–H groups in total. The molecule has 0 heterocycles. The summed E-state index contributed by atoms with van der Waals surface area (Å²) in [4.78, 5) is 22.9. The second-order valence-electron chi connectivity index (χ2n) is 4.90. The van der Waals surface area contributed by atoms with E-state index in [4.69, 9.17) is 5.11 Å². The van der Waals surface area contributed by atoms with Crippen molar-refractivity contribution in [2.75, 3.05) is 18.6 Å². The summed E-state index contributed by atoms with van der Waals surface area (Å²) in [5.41, 5.74) is -1.11. The molecule has 0 bridgehead atoms. The van der Waals surface area contributed by atoms with Gasteiger partial charge < -0.3 is 10.4 Å². The fourth-order valence-electron chi connectivity index (χ4n) is 2.16. The Kier molecular flexibility index (Phi) is 6.54. The van der Waals surface area contributed by atoms with Gasteiger partial charge in [0.15, 0.2) is 0 Å². The van der Waals surface area contributed by atoms with E-state index in [1.807, 2.05) is 11.8 Å². The summed E-state index contributed by atoms with van der Waals surface area (Å²) in [5.74, 6) is -0.0642. The minimum Gasteiger partial charge on any atom is -0.480 e. The molecule has 1 fully saturated rings. The number of nitrogens with one attached hydrogen (secondary N) is 1. The van der Waals surface area contributed by atoms with E-state index < -0.39 is 11.4 Å². The first-order chi connectivity index (χ1) is 8.63. The molecule has 0 aliphatic heterocycles. The Balaban J connectivity index is 2.12. The number of carboxylic acid groups (broad SMARTS) is 1. The molecule has 0 saturated heterocycles. The quantitative estimate of drug-likeness (QED) is 0.499. The van der Waals surface area contributed by atoms with E-state index in [2.05, 4.69) is 11.6 Å². The zero-order valence-corrected chi connectivity index (χ0v) is 11.9. The number of thioether (sulfide) groups is 1. The average molecular weight is 273 g/mol. The smallest absolute Gasteiger partial charge is 0.319 e. The molecule has 0 aromatic rings. The summed E-state index contributed by atoms with van der Waals surface area (Å²) < 4.78 is 0. The van der Waals surface area contributed by atoms with Crippen LogP contribution in [0, 0.1) is 5.41 Å². The molecule has 5 heteroatoms. The first kappa shape index (κ1) is 15.3. The Bertz CT molecular complexity index is 290. The van der Waals surface area contributed by atoms with E-state index in [0.717, 1.165) is 19.3 Å². The van der Waals surface area contributed by atoms with Gasteiger partial charge in [0.2, 0.25) is 5.91 Å². The molecule has 4 nitrogen and oxygen atoms in total. The molecule has 1 saturated carbocycles. The highest BCUT2D eigenvalue weighted by Crippen LogP contribution is 2.41. The maximum absolute atomic E-state index is 11.8. The molecule has 0 unspecified atom stereocenters. The highest BCUT2D eigenvalue weighted by molar-refractivity contribution is 7.98. The topological polar surface area (TPSA) is 66.4 Å². The molecule has 1 aliphatic carbocycles. The molecule has 1 amide bonds. The van der Waals surface area contributed by atoms with Crippen molar-refractivity contribution in [3.05, 3.63) is 0 Å². The van der Waals surface area contributed by atoms with Gasteiger partial charge in [-0.05, 0) is 37.7 Å². The minimum atomic E-state index is -1.11. The number of aliphatic carboxylic acids is 1. The lowest BCUT2D eigenvalue weighted by Gasteiger charge is -2.35. The van der Waals surface area contributed by atoms with Crippen LogP contribution < -0.4 is 5.32 Å². The van der Waals surface area contributed by atoms with E-state index in [1.165, 1.54) is 18.6 Å². The number of carbonyl (C=O) groups is 2. The number of unbranched alkanes of at least 4 members (excludes halogenated alkanes) is 3. The third kappa shape index (κ3) is 3.90. The van der Waals surface area contributed by atoms with Crippen molar-refractivity contribution in [2.24, 2.45) is 5.41 Å². The van der Waals surface area contributed by atoms with Crippen LogP contribution in [0.2, 0.25) is 0 Å². The molecule has 0 radical (unpaired) electrons. The van der Waals surface area contributed by atoms with Crippen LogP contribution in [-0.2, 0) is 9.59 Å². The SMILES string of the molecule is CSCCCCCCNC(=O)C1(C(=O)O)CCC1. The number of rotatable bonds is 9. The Morgan fingerprint density at radius 2 is 1.89 bits per heavy atom. The second-order valence-corrected chi connectivity index (χ2v) is 5.89. The van der Waals surface area contributed by atoms with Crippen molar-refractivity contribution in [3.8, 4) is 0 Å². The second kappa shape index (κ2) is 7.67. The van der Waals surface area contributed by atoms with Gasteiger partial charge in [-0.3, -0.25) is 9.59 Å². The summed E-state index contributed by atoms with van der Waals surface area (Å²) >= 11 is 1.85. The maximum Gasteiger partial charge on any atom is 0.319 e. The van der Waals surface area contributed by atoms with Crippen LogP contribution in [0.15, 0.2) is 0 Å². The van der Waals surface area contributed by atoms with Crippen LogP contribution in [0.3, 0.4) is 0 Å². The van der Waals surface area contributed by atoms with Crippen molar-refractivity contribution < 1.29 is 14.7 Å². The normalized spacial score (nSPS) is 16.9. The molecule has 18 heavy (non-hydrogen) atoms. The molecule has 1 aliphatic rings. The van der Waals surface area contributed by atoms with Gasteiger partial charge in [0, 0.05) is 6.54 Å². The Hall–Kier alpha value is -0.710. The van der Waals surface area contributed by atoms with Crippen LogP contribution in [-0.4, -0.2) is 35.5 Å². The van der Waals surface area contributed by atoms with Crippen molar-refractivity contribution in [3.63, 3.8) is 0 Å². The van der Waals surface area contributed by atoms with Gasteiger partial charge in [-0.15, -0.1) is 0 Å². The van der Waals surface area contributed by atoms with Gasteiger partial charge in [-0.2, -0.15) is 11.8 Å². The number of amides is 1. The van der Waals surface area contributed by atoms with Crippen LogP contribution >= 0.6 is 11.8 Å². The van der Waals surface area contributed by atoms with Gasteiger partial charge in [0.25, 0.3) is 0 Å². The lowest BCUT2D eigenvalue weighted by molar-refractivity contribution is -0.162.